The molecule has 0 atom stereocenters. The van der Waals surface area contributed by atoms with E-state index in [1.165, 1.54) is 7.11 Å². The molecule has 0 unspecified atom stereocenters. The summed E-state index contributed by atoms with van der Waals surface area (Å²) >= 11 is 3.39. The molecule has 1 heterocycles. The normalized spacial score (nSPS) is 15.2. The molecule has 0 saturated heterocycles. The van der Waals surface area contributed by atoms with Crippen molar-refractivity contribution in [1.29, 1.82) is 0 Å². The Hall–Kier alpha value is -1.20. The minimum Gasteiger partial charge on any atom is -0.465 e. The van der Waals surface area contributed by atoms with Crippen molar-refractivity contribution in [2.75, 3.05) is 25.5 Å². The first-order valence-corrected chi connectivity index (χ1v) is 7.30. The van der Waals surface area contributed by atoms with Gasteiger partial charge in [0.05, 0.1) is 19.2 Å². The van der Waals surface area contributed by atoms with Crippen LogP contribution in [0.15, 0.2) is 18.2 Å². The molecule has 0 spiro atoms. The molecule has 1 aromatic rings. The molecular weight excluding hydrogens is 310 g/mol. The molecule has 1 aliphatic heterocycles. The number of methoxy groups -OCH3 is 1. The van der Waals surface area contributed by atoms with E-state index in [-0.39, 0.29) is 11.8 Å². The highest BCUT2D eigenvalue weighted by Crippen LogP contribution is 2.21. The third kappa shape index (κ3) is 3.22. The van der Waals surface area contributed by atoms with E-state index >= 15 is 0 Å². The van der Waals surface area contributed by atoms with Gasteiger partial charge in [-0.1, -0.05) is 22.0 Å². The van der Waals surface area contributed by atoms with Crippen LogP contribution < -0.4 is 0 Å². The van der Waals surface area contributed by atoms with Gasteiger partial charge < -0.3 is 4.74 Å². The molecule has 4 nitrogen and oxygen atoms in total. The Balaban J connectivity index is 2.23. The lowest BCUT2D eigenvalue weighted by Gasteiger charge is -2.27. The molecule has 0 radical (unpaired) electrons. The largest absolute Gasteiger partial charge is 0.465 e. The van der Waals surface area contributed by atoms with Gasteiger partial charge in [-0.25, -0.2) is 4.79 Å². The number of ketones is 1. The average molecular weight is 326 g/mol. The van der Waals surface area contributed by atoms with Crippen LogP contribution >= 0.6 is 15.9 Å². The molecule has 5 heteroatoms. The standard InChI is InChI=1S/C14H16BrNO3/c1-19-14(18)10-3-4-12-11(7-10)8-16(6-2-5-15)9-13(12)17/h3-4,7H,2,5-6,8-9H2,1H3. The lowest BCUT2D eigenvalue weighted by molar-refractivity contribution is 0.0599. The van der Waals surface area contributed by atoms with Crippen LogP contribution in [0.1, 0.15) is 32.7 Å². The fraction of sp³-hybridized carbons (Fsp3) is 0.429. The molecule has 0 saturated carbocycles. The molecule has 0 fully saturated rings. The van der Waals surface area contributed by atoms with Gasteiger partial charge in [0.25, 0.3) is 0 Å². The number of ether oxygens (including phenoxy) is 1. The highest BCUT2D eigenvalue weighted by atomic mass is 79.9. The number of nitrogens with zero attached hydrogens (tertiary/aromatic N) is 1. The third-order valence-electron chi connectivity index (χ3n) is 3.20. The molecule has 0 bridgehead atoms. The Morgan fingerprint density at radius 2 is 2.21 bits per heavy atom. The molecule has 19 heavy (non-hydrogen) atoms. The predicted molar refractivity (Wildman–Crippen MR) is 75.8 cm³/mol. The molecule has 0 aliphatic carbocycles. The number of esters is 1. The van der Waals surface area contributed by atoms with Crippen LogP contribution in [0.4, 0.5) is 0 Å². The van der Waals surface area contributed by atoms with Crippen molar-refractivity contribution < 1.29 is 14.3 Å². The number of benzene rings is 1. The zero-order chi connectivity index (χ0) is 13.8. The second kappa shape index (κ2) is 6.30. The second-order valence-electron chi connectivity index (χ2n) is 4.54. The highest BCUT2D eigenvalue weighted by Gasteiger charge is 2.23. The summed E-state index contributed by atoms with van der Waals surface area (Å²) in [6.45, 7) is 2.04. The number of carbonyl (C=O) groups excluding carboxylic acids is 2. The first kappa shape index (κ1) is 14.2. The fourth-order valence-electron chi connectivity index (χ4n) is 2.27. The Morgan fingerprint density at radius 1 is 1.42 bits per heavy atom. The Labute approximate surface area is 120 Å². The lowest BCUT2D eigenvalue weighted by atomic mass is 9.96. The minimum atomic E-state index is -0.368. The summed E-state index contributed by atoms with van der Waals surface area (Å²) in [6, 6.07) is 5.14. The van der Waals surface area contributed by atoms with Crippen LogP contribution in [0.25, 0.3) is 0 Å². The van der Waals surface area contributed by atoms with Crippen molar-refractivity contribution in [2.45, 2.75) is 13.0 Å². The number of carbonyl (C=O) groups is 2. The maximum Gasteiger partial charge on any atom is 0.337 e. The van der Waals surface area contributed by atoms with E-state index in [1.54, 1.807) is 18.2 Å². The number of Topliss-reactive ketones (excluding diaryl/α,β-unsaturated/α-hetero) is 1. The van der Waals surface area contributed by atoms with Gasteiger partial charge in [-0.2, -0.15) is 0 Å². The van der Waals surface area contributed by atoms with E-state index in [4.69, 9.17) is 4.74 Å². The molecule has 102 valence electrons. The third-order valence-corrected chi connectivity index (χ3v) is 3.76. The molecule has 2 rings (SSSR count). The maximum absolute atomic E-state index is 12.0. The predicted octanol–water partition coefficient (Wildman–Crippen LogP) is 2.26. The van der Waals surface area contributed by atoms with E-state index in [2.05, 4.69) is 20.8 Å². The molecule has 1 aliphatic rings. The van der Waals surface area contributed by atoms with Crippen molar-refractivity contribution >= 4 is 27.7 Å². The summed E-state index contributed by atoms with van der Waals surface area (Å²) < 4.78 is 4.70. The van der Waals surface area contributed by atoms with Crippen LogP contribution in [0, 0.1) is 0 Å². The van der Waals surface area contributed by atoms with Crippen molar-refractivity contribution in [2.24, 2.45) is 0 Å². The van der Waals surface area contributed by atoms with E-state index in [0.717, 1.165) is 29.4 Å². The van der Waals surface area contributed by atoms with Gasteiger partial charge in [0, 0.05) is 17.4 Å². The zero-order valence-electron chi connectivity index (χ0n) is 10.8. The number of hydrogen-bond acceptors (Lipinski definition) is 4. The maximum atomic E-state index is 12.0. The van der Waals surface area contributed by atoms with E-state index < -0.39 is 0 Å². The highest BCUT2D eigenvalue weighted by molar-refractivity contribution is 9.09. The van der Waals surface area contributed by atoms with Gasteiger partial charge in [0.1, 0.15) is 0 Å². The Kier molecular flexibility index (Phi) is 4.71. The number of hydrogen-bond donors (Lipinski definition) is 0. The Morgan fingerprint density at radius 3 is 2.89 bits per heavy atom. The smallest absolute Gasteiger partial charge is 0.337 e. The molecule has 0 amide bonds. The van der Waals surface area contributed by atoms with E-state index in [0.29, 0.717) is 18.7 Å². The summed E-state index contributed by atoms with van der Waals surface area (Å²) in [5.74, 6) is -0.250. The second-order valence-corrected chi connectivity index (χ2v) is 5.33. The van der Waals surface area contributed by atoms with Crippen LogP contribution in [-0.2, 0) is 11.3 Å². The summed E-state index contributed by atoms with van der Waals surface area (Å²) in [4.78, 5) is 25.7. The van der Waals surface area contributed by atoms with Gasteiger partial charge in [-0.3, -0.25) is 9.69 Å². The number of rotatable bonds is 4. The number of halogens is 1. The first-order valence-electron chi connectivity index (χ1n) is 6.18. The van der Waals surface area contributed by atoms with Crippen LogP contribution in [0.3, 0.4) is 0 Å². The van der Waals surface area contributed by atoms with Gasteiger partial charge >= 0.3 is 5.97 Å². The van der Waals surface area contributed by atoms with Crippen LogP contribution in [-0.4, -0.2) is 42.2 Å². The van der Waals surface area contributed by atoms with Gasteiger partial charge in [-0.05, 0) is 30.7 Å². The SMILES string of the molecule is COC(=O)c1ccc2c(c1)CN(CCCBr)CC2=O. The summed E-state index contributed by atoms with van der Waals surface area (Å²) in [5, 5.41) is 0.923. The topological polar surface area (TPSA) is 46.6 Å². The number of fused-ring (bicyclic) bond motifs is 1. The van der Waals surface area contributed by atoms with Crippen molar-refractivity contribution in [1.82, 2.24) is 4.90 Å². The van der Waals surface area contributed by atoms with Gasteiger partial charge in [0.2, 0.25) is 0 Å². The monoisotopic (exact) mass is 325 g/mol. The first-order chi connectivity index (χ1) is 9.15. The molecule has 0 aromatic heterocycles. The van der Waals surface area contributed by atoms with Crippen LogP contribution in [0.5, 0.6) is 0 Å². The summed E-state index contributed by atoms with van der Waals surface area (Å²) in [5.41, 5.74) is 2.13. The van der Waals surface area contributed by atoms with Gasteiger partial charge in [0.15, 0.2) is 5.78 Å². The van der Waals surface area contributed by atoms with Crippen molar-refractivity contribution in [3.8, 4) is 0 Å². The number of alkyl halides is 1. The molecule has 0 N–H and O–H groups in total. The molecule has 1 aromatic carbocycles. The van der Waals surface area contributed by atoms with Gasteiger partial charge in [-0.15, -0.1) is 0 Å². The van der Waals surface area contributed by atoms with E-state index in [1.807, 2.05) is 0 Å². The van der Waals surface area contributed by atoms with E-state index in [9.17, 15) is 9.59 Å². The lowest BCUT2D eigenvalue weighted by Crippen LogP contribution is -2.36. The molecular formula is C14H16BrNO3. The summed E-state index contributed by atoms with van der Waals surface area (Å²) in [7, 11) is 1.36. The van der Waals surface area contributed by atoms with Crippen molar-refractivity contribution in [3.63, 3.8) is 0 Å². The minimum absolute atomic E-state index is 0.118. The average Bonchev–Trinajstić information content (AvgIpc) is 2.43. The van der Waals surface area contributed by atoms with Crippen molar-refractivity contribution in [3.05, 3.63) is 34.9 Å². The fourth-order valence-corrected chi connectivity index (χ4v) is 2.52. The summed E-state index contributed by atoms with van der Waals surface area (Å²) in [6.07, 6.45) is 0.999. The quantitative estimate of drug-likeness (QED) is 0.629. The van der Waals surface area contributed by atoms with Crippen LogP contribution in [0.2, 0.25) is 0 Å². The Bertz CT molecular complexity index is 501. The zero-order valence-corrected chi connectivity index (χ0v) is 12.4.